The van der Waals surface area contributed by atoms with Gasteiger partial charge in [-0.2, -0.15) is 0 Å². The third-order valence-corrected chi connectivity index (χ3v) is 3.89. The molecule has 0 spiro atoms. The Balaban J connectivity index is 1.69. The first-order chi connectivity index (χ1) is 13.5. The van der Waals surface area contributed by atoms with Crippen LogP contribution in [0.1, 0.15) is 5.56 Å². The molecule has 0 aliphatic rings. The minimum Gasteiger partial charge on any atom is -0.485 e. The van der Waals surface area contributed by atoms with Crippen molar-refractivity contribution in [2.45, 2.75) is 6.61 Å². The summed E-state index contributed by atoms with van der Waals surface area (Å²) in [6, 6.07) is 15.7. The predicted octanol–water partition coefficient (Wildman–Crippen LogP) is 4.87. The van der Waals surface area contributed by atoms with Crippen molar-refractivity contribution in [3.63, 3.8) is 0 Å². The number of nitrogens with one attached hydrogen (secondary N) is 2. The summed E-state index contributed by atoms with van der Waals surface area (Å²) in [7, 11) is 0. The number of para-hydroxylation sites is 1. The number of amides is 2. The van der Waals surface area contributed by atoms with Crippen LogP contribution in [0, 0.1) is 10.1 Å². The molecule has 0 unspecified atom stereocenters. The van der Waals surface area contributed by atoms with Crippen LogP contribution in [-0.2, 0) is 6.61 Å². The monoisotopic (exact) mass is 398 g/mol. The van der Waals surface area contributed by atoms with E-state index >= 15 is 0 Å². The molecular formula is C19H15ClN4O4. The maximum absolute atomic E-state index is 12.2. The highest BCUT2D eigenvalue weighted by atomic mass is 35.5. The van der Waals surface area contributed by atoms with Crippen molar-refractivity contribution in [1.82, 2.24) is 4.98 Å². The van der Waals surface area contributed by atoms with E-state index in [-0.39, 0.29) is 23.9 Å². The second kappa shape index (κ2) is 8.83. The molecule has 3 aromatic rings. The number of halogens is 1. The molecule has 142 valence electrons. The average molecular weight is 399 g/mol. The molecule has 0 aliphatic heterocycles. The van der Waals surface area contributed by atoms with Crippen molar-refractivity contribution in [2.75, 3.05) is 10.6 Å². The summed E-state index contributed by atoms with van der Waals surface area (Å²) in [5.74, 6) is 0.461. The van der Waals surface area contributed by atoms with E-state index in [2.05, 4.69) is 15.6 Å². The quantitative estimate of drug-likeness (QED) is 0.455. The lowest BCUT2D eigenvalue weighted by Crippen LogP contribution is -2.20. The molecule has 0 saturated carbocycles. The number of anilines is 2. The number of nitro groups is 1. The Labute approximate surface area is 165 Å². The molecule has 28 heavy (non-hydrogen) atoms. The molecule has 3 rings (SSSR count). The molecule has 8 nitrogen and oxygen atoms in total. The van der Waals surface area contributed by atoms with E-state index in [0.717, 1.165) is 0 Å². The highest BCUT2D eigenvalue weighted by molar-refractivity contribution is 6.30. The molecule has 2 N–H and O–H groups in total. The average Bonchev–Trinajstić information content (AvgIpc) is 2.67. The molecule has 0 atom stereocenters. The number of pyridine rings is 1. The molecule has 0 fully saturated rings. The van der Waals surface area contributed by atoms with Crippen LogP contribution in [0.2, 0.25) is 5.02 Å². The molecule has 0 saturated heterocycles. The van der Waals surface area contributed by atoms with Gasteiger partial charge in [0.15, 0.2) is 11.6 Å². The van der Waals surface area contributed by atoms with E-state index in [9.17, 15) is 14.9 Å². The number of rotatable bonds is 6. The number of urea groups is 1. The number of carbonyl (C=O) groups excluding carboxylic acids is 1. The Hall–Kier alpha value is -3.65. The fraction of sp³-hybridized carbons (Fsp3) is 0.0526. The van der Waals surface area contributed by atoms with Gasteiger partial charge in [-0.1, -0.05) is 29.8 Å². The normalized spacial score (nSPS) is 10.2. The van der Waals surface area contributed by atoms with Gasteiger partial charge < -0.3 is 10.1 Å². The summed E-state index contributed by atoms with van der Waals surface area (Å²) in [4.78, 5) is 26.9. The van der Waals surface area contributed by atoms with E-state index in [1.807, 2.05) is 0 Å². The van der Waals surface area contributed by atoms with Gasteiger partial charge in [0.25, 0.3) is 5.69 Å². The Morgan fingerprint density at radius 1 is 1.11 bits per heavy atom. The zero-order chi connectivity index (χ0) is 19.9. The van der Waals surface area contributed by atoms with Gasteiger partial charge in [-0.15, -0.1) is 0 Å². The van der Waals surface area contributed by atoms with Gasteiger partial charge in [0.05, 0.1) is 10.5 Å². The van der Waals surface area contributed by atoms with Crippen LogP contribution < -0.4 is 15.4 Å². The number of nitro benzene ring substituents is 1. The largest absolute Gasteiger partial charge is 0.485 e. The number of hydrogen-bond acceptors (Lipinski definition) is 5. The van der Waals surface area contributed by atoms with Crippen LogP contribution in [0.4, 0.5) is 22.0 Å². The van der Waals surface area contributed by atoms with E-state index in [4.69, 9.17) is 16.3 Å². The van der Waals surface area contributed by atoms with Gasteiger partial charge in [0, 0.05) is 23.0 Å². The first kappa shape index (κ1) is 19.1. The molecule has 2 aromatic carbocycles. The number of carbonyl (C=O) groups is 1. The summed E-state index contributed by atoms with van der Waals surface area (Å²) in [5, 5.41) is 16.8. The molecular weight excluding hydrogens is 384 g/mol. The van der Waals surface area contributed by atoms with Gasteiger partial charge in [0.1, 0.15) is 6.61 Å². The van der Waals surface area contributed by atoms with Crippen LogP contribution in [0.15, 0.2) is 66.9 Å². The lowest BCUT2D eigenvalue weighted by atomic mass is 10.2. The summed E-state index contributed by atoms with van der Waals surface area (Å²) in [6.07, 6.45) is 1.49. The number of benzene rings is 2. The Bertz CT molecular complexity index is 1010. The number of hydrogen-bond donors (Lipinski definition) is 2. The van der Waals surface area contributed by atoms with Crippen LogP contribution in [-0.4, -0.2) is 15.9 Å². The highest BCUT2D eigenvalue weighted by Crippen LogP contribution is 2.25. The molecule has 2 amide bonds. The number of aromatic nitrogens is 1. The molecule has 1 aromatic heterocycles. The Morgan fingerprint density at radius 3 is 2.71 bits per heavy atom. The maximum Gasteiger partial charge on any atom is 0.324 e. The third kappa shape index (κ3) is 4.95. The summed E-state index contributed by atoms with van der Waals surface area (Å²) < 4.78 is 5.65. The van der Waals surface area contributed by atoms with E-state index in [0.29, 0.717) is 16.3 Å². The summed E-state index contributed by atoms with van der Waals surface area (Å²) in [5.41, 5.74) is 0.883. The molecule has 0 radical (unpaired) electrons. The molecule has 0 bridgehead atoms. The summed E-state index contributed by atoms with van der Waals surface area (Å²) >= 11 is 5.90. The van der Waals surface area contributed by atoms with Gasteiger partial charge in [0.2, 0.25) is 0 Å². The maximum atomic E-state index is 12.2. The van der Waals surface area contributed by atoms with Gasteiger partial charge in [-0.05, 0) is 36.4 Å². The van der Waals surface area contributed by atoms with Gasteiger partial charge in [-0.25, -0.2) is 9.78 Å². The standard InChI is InChI=1S/C19H15ClN4O4/c20-14-6-3-7-15(11-14)22-19(25)23-18-17(9-4-10-21-18)28-12-13-5-1-2-8-16(13)24(26)27/h1-11H,12H2,(H2,21,22,23,25). The number of nitrogens with zero attached hydrogens (tertiary/aromatic N) is 2. The van der Waals surface area contributed by atoms with Crippen molar-refractivity contribution >= 4 is 34.8 Å². The van der Waals surface area contributed by atoms with Crippen molar-refractivity contribution in [3.8, 4) is 5.75 Å². The first-order valence-corrected chi connectivity index (χ1v) is 8.54. The first-order valence-electron chi connectivity index (χ1n) is 8.16. The van der Waals surface area contributed by atoms with E-state index in [1.54, 1.807) is 54.6 Å². The van der Waals surface area contributed by atoms with E-state index < -0.39 is 11.0 Å². The van der Waals surface area contributed by atoms with E-state index in [1.165, 1.54) is 12.3 Å². The topological polar surface area (TPSA) is 106 Å². The number of ether oxygens (including phenoxy) is 1. The van der Waals surface area contributed by atoms with Gasteiger partial charge >= 0.3 is 6.03 Å². The van der Waals surface area contributed by atoms with Crippen molar-refractivity contribution in [2.24, 2.45) is 0 Å². The lowest BCUT2D eigenvalue weighted by Gasteiger charge is -2.12. The molecule has 1 heterocycles. The fourth-order valence-corrected chi connectivity index (χ4v) is 2.59. The lowest BCUT2D eigenvalue weighted by molar-refractivity contribution is -0.385. The second-order valence-corrected chi connectivity index (χ2v) is 6.05. The SMILES string of the molecule is O=C(Nc1cccc(Cl)c1)Nc1ncccc1OCc1ccccc1[N+](=O)[O-]. The van der Waals surface area contributed by atoms with Crippen LogP contribution in [0.3, 0.4) is 0 Å². The van der Waals surface area contributed by atoms with Crippen molar-refractivity contribution in [1.29, 1.82) is 0 Å². The van der Waals surface area contributed by atoms with Crippen molar-refractivity contribution in [3.05, 3.63) is 87.6 Å². The molecule has 0 aliphatic carbocycles. The Morgan fingerprint density at radius 2 is 1.93 bits per heavy atom. The second-order valence-electron chi connectivity index (χ2n) is 5.61. The van der Waals surface area contributed by atoms with Crippen LogP contribution in [0.25, 0.3) is 0 Å². The fourth-order valence-electron chi connectivity index (χ4n) is 2.40. The third-order valence-electron chi connectivity index (χ3n) is 3.66. The minimum absolute atomic E-state index is 0.0420. The summed E-state index contributed by atoms with van der Waals surface area (Å²) in [6.45, 7) is -0.0482. The van der Waals surface area contributed by atoms with Crippen LogP contribution in [0.5, 0.6) is 5.75 Å². The minimum atomic E-state index is -0.531. The molecule has 9 heteroatoms. The Kier molecular flexibility index (Phi) is 6.03. The zero-order valence-electron chi connectivity index (χ0n) is 14.5. The van der Waals surface area contributed by atoms with Crippen molar-refractivity contribution < 1.29 is 14.5 Å². The zero-order valence-corrected chi connectivity index (χ0v) is 15.2. The predicted molar refractivity (Wildman–Crippen MR) is 106 cm³/mol. The smallest absolute Gasteiger partial charge is 0.324 e. The van der Waals surface area contributed by atoms with Gasteiger partial charge in [-0.3, -0.25) is 15.4 Å². The highest BCUT2D eigenvalue weighted by Gasteiger charge is 2.15. The van der Waals surface area contributed by atoms with Crippen LogP contribution >= 0.6 is 11.6 Å².